The first-order valence-electron chi connectivity index (χ1n) is 3.14. The van der Waals surface area contributed by atoms with Crippen molar-refractivity contribution in [1.82, 2.24) is 4.90 Å². The van der Waals surface area contributed by atoms with Crippen LogP contribution < -0.4 is 0 Å². The van der Waals surface area contributed by atoms with Crippen molar-refractivity contribution in [2.45, 2.75) is 12.8 Å². The summed E-state index contributed by atoms with van der Waals surface area (Å²) in [7, 11) is 2.11. The summed E-state index contributed by atoms with van der Waals surface area (Å²) in [6.45, 7) is 5.90. The van der Waals surface area contributed by atoms with Gasteiger partial charge in [-0.2, -0.15) is 0 Å². The fourth-order valence-electron chi connectivity index (χ4n) is 0.707. The van der Waals surface area contributed by atoms with Crippen LogP contribution in [-0.2, 0) is 21.1 Å². The summed E-state index contributed by atoms with van der Waals surface area (Å²) >= 11 is 0. The van der Waals surface area contributed by atoms with Gasteiger partial charge in [-0.25, -0.2) is 12.8 Å². The van der Waals surface area contributed by atoms with E-state index in [0.717, 1.165) is 6.54 Å². The average Bonchev–Trinajstić information content (AvgIpc) is 2.50. The molecule has 1 aliphatic carbocycles. The third kappa shape index (κ3) is 4.11. The van der Waals surface area contributed by atoms with E-state index in [1.165, 1.54) is 19.4 Å². The van der Waals surface area contributed by atoms with Gasteiger partial charge in [-0.3, -0.25) is 0 Å². The van der Waals surface area contributed by atoms with Crippen molar-refractivity contribution in [3.05, 3.63) is 12.8 Å². The van der Waals surface area contributed by atoms with Crippen molar-refractivity contribution < 1.29 is 21.1 Å². The van der Waals surface area contributed by atoms with E-state index in [-0.39, 0.29) is 21.1 Å². The van der Waals surface area contributed by atoms with Gasteiger partial charge >= 0.3 is 21.1 Å². The molecule has 52 valence electrons. The topological polar surface area (TPSA) is 3.24 Å². The van der Waals surface area contributed by atoms with E-state index in [0.29, 0.717) is 0 Å². The van der Waals surface area contributed by atoms with E-state index in [1.54, 1.807) is 5.92 Å². The summed E-state index contributed by atoms with van der Waals surface area (Å²) < 4.78 is 0. The maximum atomic E-state index is 3.78. The van der Waals surface area contributed by atoms with Gasteiger partial charge in [0.05, 0.1) is 0 Å². The molecule has 0 aromatic carbocycles. The zero-order chi connectivity index (χ0) is 5.98. The molecule has 0 aromatic rings. The van der Waals surface area contributed by atoms with Crippen molar-refractivity contribution in [3.63, 3.8) is 0 Å². The van der Waals surface area contributed by atoms with Crippen LogP contribution >= 0.6 is 0 Å². The molecule has 2 heteroatoms. The molecule has 1 saturated carbocycles. The smallest absolute Gasteiger partial charge is 0.365 e. The minimum atomic E-state index is 0. The third-order valence-electron chi connectivity index (χ3n) is 1.48. The Labute approximate surface area is 72.1 Å². The van der Waals surface area contributed by atoms with Gasteiger partial charge in [0.25, 0.3) is 0 Å². The molecule has 0 aromatic heterocycles. The van der Waals surface area contributed by atoms with Crippen LogP contribution in [0.25, 0.3) is 0 Å². The van der Waals surface area contributed by atoms with Gasteiger partial charge in [-0.15, -0.1) is 13.1 Å². The van der Waals surface area contributed by atoms with Gasteiger partial charge < -0.3 is 17.7 Å². The summed E-state index contributed by atoms with van der Waals surface area (Å²) in [6, 6.07) is 0. The Bertz CT molecular complexity index is 71.3. The van der Waals surface area contributed by atoms with E-state index in [2.05, 4.69) is 18.9 Å². The first-order chi connectivity index (χ1) is 3.83. The Hall–Kier alpha value is 0.648. The summed E-state index contributed by atoms with van der Waals surface area (Å²) in [5.41, 5.74) is 0. The van der Waals surface area contributed by atoms with E-state index in [1.807, 2.05) is 0 Å². The fourth-order valence-corrected chi connectivity index (χ4v) is 0.707. The van der Waals surface area contributed by atoms with Crippen LogP contribution in [0.2, 0.25) is 0 Å². The van der Waals surface area contributed by atoms with Gasteiger partial charge in [0.1, 0.15) is 0 Å². The van der Waals surface area contributed by atoms with Crippen molar-refractivity contribution in [2.75, 3.05) is 20.1 Å². The van der Waals surface area contributed by atoms with Gasteiger partial charge in [0, 0.05) is 0 Å². The molecule has 0 aliphatic heterocycles. The molecule has 0 atom stereocenters. The Morgan fingerprint density at radius 1 is 1.56 bits per heavy atom. The molecule has 0 bridgehead atoms. The van der Waals surface area contributed by atoms with E-state index >= 15 is 0 Å². The molecule has 1 aliphatic rings. The number of nitrogens with zero attached hydrogens (tertiary/aromatic N) is 1. The Morgan fingerprint density at radius 3 is 2.44 bits per heavy atom. The standard InChI is InChI=1S/C7H13N.W/c1-3-8(2)6-7-4-5-7;/h1,3-6H2,2H3;/q-2;+2. The molecule has 0 heterocycles. The zero-order valence-electron chi connectivity index (χ0n) is 5.89. The van der Waals surface area contributed by atoms with Crippen molar-refractivity contribution >= 4 is 0 Å². The third-order valence-corrected chi connectivity index (χ3v) is 1.48. The number of hydrogen-bond acceptors (Lipinski definition) is 1. The van der Waals surface area contributed by atoms with Crippen LogP contribution in [0, 0.1) is 12.8 Å². The largest absolute Gasteiger partial charge is 2.00 e. The Kier molecular flexibility index (Phi) is 4.78. The van der Waals surface area contributed by atoms with Crippen LogP contribution in [-0.4, -0.2) is 25.0 Å². The molecule has 0 spiro atoms. The van der Waals surface area contributed by atoms with Crippen LogP contribution in [0.1, 0.15) is 12.8 Å². The minimum absolute atomic E-state index is 0. The molecular formula is C7H13NW. The quantitative estimate of drug-likeness (QED) is 0.705. The first-order valence-corrected chi connectivity index (χ1v) is 3.14. The molecule has 9 heavy (non-hydrogen) atoms. The summed E-state index contributed by atoms with van der Waals surface area (Å²) in [4.78, 5) is 2.24. The predicted molar refractivity (Wildman–Crippen MR) is 35.3 cm³/mol. The Morgan fingerprint density at radius 2 is 2.11 bits per heavy atom. The molecule has 1 nitrogen and oxygen atoms in total. The molecule has 0 unspecified atom stereocenters. The van der Waals surface area contributed by atoms with Gasteiger partial charge in [0.2, 0.25) is 0 Å². The van der Waals surface area contributed by atoms with Gasteiger partial charge in [0.15, 0.2) is 0 Å². The number of rotatable bonds is 3. The predicted octanol–water partition coefficient (Wildman–Crippen LogP) is 1.12. The second-order valence-electron chi connectivity index (χ2n) is 2.49. The van der Waals surface area contributed by atoms with Crippen LogP contribution in [0.5, 0.6) is 0 Å². The van der Waals surface area contributed by atoms with Crippen LogP contribution in [0.3, 0.4) is 0 Å². The molecule has 1 rings (SSSR count). The Balaban J connectivity index is 0.000000640. The van der Waals surface area contributed by atoms with Crippen molar-refractivity contribution in [2.24, 2.45) is 0 Å². The van der Waals surface area contributed by atoms with Crippen molar-refractivity contribution in [1.29, 1.82) is 0 Å². The SMILES string of the molecule is [CH2-]CN(C)C[C-]1CC1.[W+2]. The molecule has 1 fully saturated rings. The van der Waals surface area contributed by atoms with E-state index < -0.39 is 0 Å². The minimum Gasteiger partial charge on any atom is -0.365 e. The molecule has 0 saturated heterocycles. The van der Waals surface area contributed by atoms with Crippen LogP contribution in [0.4, 0.5) is 0 Å². The summed E-state index contributed by atoms with van der Waals surface area (Å²) in [5, 5.41) is 0. The molecule has 0 N–H and O–H groups in total. The summed E-state index contributed by atoms with van der Waals surface area (Å²) in [5.74, 6) is 1.69. The van der Waals surface area contributed by atoms with Gasteiger partial charge in [-0.1, -0.05) is 0 Å². The fraction of sp³-hybridized carbons (Fsp3) is 0.714. The molecular weight excluding hydrogens is 282 g/mol. The normalized spacial score (nSPS) is 17.7. The molecule has 0 radical (unpaired) electrons. The van der Waals surface area contributed by atoms with E-state index in [9.17, 15) is 0 Å². The summed E-state index contributed by atoms with van der Waals surface area (Å²) in [6.07, 6.45) is 2.73. The molecule has 0 amide bonds. The number of hydrogen-bond donors (Lipinski definition) is 0. The monoisotopic (exact) mass is 295 g/mol. The first kappa shape index (κ1) is 9.65. The second kappa shape index (κ2) is 4.46. The zero-order valence-corrected chi connectivity index (χ0v) is 8.82. The second-order valence-corrected chi connectivity index (χ2v) is 2.49. The maximum absolute atomic E-state index is 3.78. The maximum Gasteiger partial charge on any atom is 2.00 e. The average molecular weight is 295 g/mol. The van der Waals surface area contributed by atoms with Crippen LogP contribution in [0.15, 0.2) is 0 Å². The van der Waals surface area contributed by atoms with E-state index in [4.69, 9.17) is 0 Å². The van der Waals surface area contributed by atoms with Gasteiger partial charge in [-0.05, 0) is 7.05 Å². The van der Waals surface area contributed by atoms with Crippen molar-refractivity contribution in [3.8, 4) is 0 Å².